The zero-order valence-corrected chi connectivity index (χ0v) is 22.1. The third kappa shape index (κ3) is 6.72. The minimum Gasteiger partial charge on any atom is -0.369 e. The number of alkyl halides is 2. The van der Waals surface area contributed by atoms with Crippen LogP contribution in [-0.2, 0) is 9.53 Å². The fourth-order valence-electron chi connectivity index (χ4n) is 4.74. The van der Waals surface area contributed by atoms with Crippen molar-refractivity contribution >= 4 is 23.4 Å². The van der Waals surface area contributed by atoms with Gasteiger partial charge in [0.15, 0.2) is 0 Å². The van der Waals surface area contributed by atoms with Gasteiger partial charge in [0.05, 0.1) is 23.0 Å². The monoisotopic (exact) mass is 520 g/mol. The summed E-state index contributed by atoms with van der Waals surface area (Å²) in [6, 6.07) is 0.332. The number of carbonyl (C=O) groups excluding carboxylic acids is 1. The topological polar surface area (TPSA) is 100 Å². The Labute approximate surface area is 216 Å². The Morgan fingerprint density at radius 1 is 1.24 bits per heavy atom. The van der Waals surface area contributed by atoms with Crippen LogP contribution in [0.5, 0.6) is 0 Å². The molecule has 2 N–H and O–H groups in total. The highest BCUT2D eigenvalue weighted by molar-refractivity contribution is 5.84. The Balaban J connectivity index is 1.38. The van der Waals surface area contributed by atoms with Gasteiger partial charge < -0.3 is 25.2 Å². The Hall–Kier alpha value is -2.86. The second kappa shape index (κ2) is 11.7. The molecule has 37 heavy (non-hydrogen) atoms. The van der Waals surface area contributed by atoms with Crippen molar-refractivity contribution in [2.45, 2.75) is 64.5 Å². The van der Waals surface area contributed by atoms with Crippen molar-refractivity contribution < 1.29 is 18.3 Å². The molecule has 2 aliphatic heterocycles. The lowest BCUT2D eigenvalue weighted by atomic mass is 10.1. The van der Waals surface area contributed by atoms with Crippen molar-refractivity contribution in [2.24, 2.45) is 0 Å². The van der Waals surface area contributed by atoms with E-state index in [2.05, 4.69) is 37.6 Å². The molecule has 0 spiro atoms. The molecule has 4 heterocycles. The van der Waals surface area contributed by atoms with E-state index in [-0.39, 0.29) is 23.2 Å². The molecule has 0 atom stereocenters. The van der Waals surface area contributed by atoms with Gasteiger partial charge in [0.1, 0.15) is 11.4 Å². The number of piperidine rings is 1. The predicted octanol–water partition coefficient (Wildman–Crippen LogP) is 3.76. The molecule has 2 saturated heterocycles. The van der Waals surface area contributed by atoms with Crippen LogP contribution >= 0.6 is 0 Å². The van der Waals surface area contributed by atoms with E-state index in [0.717, 1.165) is 49.9 Å². The quantitative estimate of drug-likeness (QED) is 0.482. The number of hydrogen-bond acceptors (Lipinski definition) is 8. The van der Waals surface area contributed by atoms with Gasteiger partial charge in [-0.05, 0) is 66.6 Å². The van der Waals surface area contributed by atoms with Gasteiger partial charge in [-0.15, -0.1) is 0 Å². The summed E-state index contributed by atoms with van der Waals surface area (Å²) in [6.45, 7) is 9.55. The average molecular weight is 521 g/mol. The highest BCUT2D eigenvalue weighted by atomic mass is 19.3. The van der Waals surface area contributed by atoms with Crippen LogP contribution in [-0.4, -0.2) is 87.4 Å². The molecular formula is C25H38F2N8O2. The molecule has 2 fully saturated rings. The number of rotatable bonds is 9. The molecular weight excluding hydrogens is 482 g/mol. The van der Waals surface area contributed by atoms with Crippen molar-refractivity contribution in [3.05, 3.63) is 23.7 Å². The highest BCUT2D eigenvalue weighted by Gasteiger charge is 2.34. The summed E-state index contributed by atoms with van der Waals surface area (Å²) < 4.78 is 34.9. The van der Waals surface area contributed by atoms with E-state index in [1.54, 1.807) is 18.7 Å². The maximum Gasteiger partial charge on any atom is 0.268 e. The van der Waals surface area contributed by atoms with Gasteiger partial charge >= 0.3 is 0 Å². The fourth-order valence-corrected chi connectivity index (χ4v) is 4.74. The zero-order chi connectivity index (χ0) is 26.6. The van der Waals surface area contributed by atoms with Crippen LogP contribution < -0.4 is 10.6 Å². The van der Waals surface area contributed by atoms with Gasteiger partial charge in [0.2, 0.25) is 5.95 Å². The molecule has 0 saturated carbocycles. The number of hydrogen-bond donors (Lipinski definition) is 2. The van der Waals surface area contributed by atoms with E-state index in [0.29, 0.717) is 38.7 Å². The van der Waals surface area contributed by atoms with Crippen LogP contribution in [0.4, 0.5) is 26.2 Å². The smallest absolute Gasteiger partial charge is 0.268 e. The van der Waals surface area contributed by atoms with Crippen LogP contribution in [0.1, 0.15) is 63.3 Å². The zero-order valence-electron chi connectivity index (χ0n) is 22.1. The molecule has 10 nitrogen and oxygen atoms in total. The number of aryl methyl sites for hydroxylation is 1. The first kappa shape index (κ1) is 27.2. The minimum absolute atomic E-state index is 0.0528. The van der Waals surface area contributed by atoms with Crippen molar-refractivity contribution in [1.82, 2.24) is 29.5 Å². The molecule has 2 aromatic rings. The maximum atomic E-state index is 13.6. The summed E-state index contributed by atoms with van der Waals surface area (Å²) in [7, 11) is 2.12. The lowest BCUT2D eigenvalue weighted by Crippen LogP contribution is -2.45. The van der Waals surface area contributed by atoms with Gasteiger partial charge in [-0.1, -0.05) is 0 Å². The summed E-state index contributed by atoms with van der Waals surface area (Å²) in [5.41, 5.74) is 0.437. The molecule has 0 unspecified atom stereocenters. The molecule has 2 aliphatic rings. The van der Waals surface area contributed by atoms with Crippen LogP contribution in [0.3, 0.4) is 0 Å². The first-order valence-electron chi connectivity index (χ1n) is 13.0. The van der Waals surface area contributed by atoms with E-state index in [1.165, 1.54) is 0 Å². The summed E-state index contributed by atoms with van der Waals surface area (Å²) in [5.74, 6) is 0.251. The Morgan fingerprint density at radius 2 is 2.00 bits per heavy atom. The molecule has 0 bridgehead atoms. The largest absolute Gasteiger partial charge is 0.369 e. The van der Waals surface area contributed by atoms with Gasteiger partial charge in [-0.3, -0.25) is 9.48 Å². The lowest BCUT2D eigenvalue weighted by molar-refractivity contribution is -0.149. The van der Waals surface area contributed by atoms with Gasteiger partial charge in [0.25, 0.3) is 12.3 Å². The first-order valence-corrected chi connectivity index (χ1v) is 13.0. The van der Waals surface area contributed by atoms with Gasteiger partial charge in [0, 0.05) is 38.6 Å². The number of carbonyl (C=O) groups is 1. The van der Waals surface area contributed by atoms with Crippen molar-refractivity contribution in [1.29, 1.82) is 0 Å². The summed E-state index contributed by atoms with van der Waals surface area (Å²) in [5, 5.41) is 10.8. The van der Waals surface area contributed by atoms with Crippen molar-refractivity contribution in [3.63, 3.8) is 0 Å². The second-order valence-electron chi connectivity index (χ2n) is 10.4. The summed E-state index contributed by atoms with van der Waals surface area (Å²) in [4.78, 5) is 25.2. The van der Waals surface area contributed by atoms with E-state index in [1.807, 2.05) is 17.8 Å². The Kier molecular flexibility index (Phi) is 8.58. The lowest BCUT2D eigenvalue weighted by Gasteiger charge is -2.28. The Morgan fingerprint density at radius 3 is 2.73 bits per heavy atom. The van der Waals surface area contributed by atoms with Crippen LogP contribution in [0.2, 0.25) is 0 Å². The molecule has 0 radical (unpaired) electrons. The van der Waals surface area contributed by atoms with Crippen LogP contribution in [0.25, 0.3) is 0 Å². The number of likely N-dealkylation sites (tertiary alicyclic amines) is 1. The third-order valence-corrected chi connectivity index (χ3v) is 7.01. The summed E-state index contributed by atoms with van der Waals surface area (Å²) >= 11 is 0. The normalized spacial score (nSPS) is 19.3. The number of nitrogens with one attached hydrogen (secondary N) is 2. The van der Waals surface area contributed by atoms with Crippen molar-refractivity contribution in [3.8, 4) is 0 Å². The van der Waals surface area contributed by atoms with E-state index in [9.17, 15) is 13.6 Å². The fraction of sp³-hybridized carbons (Fsp3) is 0.680. The predicted molar refractivity (Wildman–Crippen MR) is 137 cm³/mol. The highest BCUT2D eigenvalue weighted by Crippen LogP contribution is 2.28. The standard InChI is InChI=1S/C25H38F2N8O2/c1-17-20(16-35(32-17)18-7-12-33(4)13-8-18)30-24-29-15-19(21(26)27)22(31-24)28-9-5-10-34-11-6-14-37-25(2,3)23(34)36/h15-16,18,21H,5-14H2,1-4H3,(H2,28,29,30,31). The van der Waals surface area contributed by atoms with Crippen molar-refractivity contribution in [2.75, 3.05) is 57.0 Å². The van der Waals surface area contributed by atoms with Gasteiger partial charge in [-0.25, -0.2) is 13.8 Å². The summed E-state index contributed by atoms with van der Waals surface area (Å²) in [6.07, 6.45) is 3.78. The third-order valence-electron chi connectivity index (χ3n) is 7.01. The molecule has 2 aromatic heterocycles. The van der Waals surface area contributed by atoms with E-state index >= 15 is 0 Å². The van der Waals surface area contributed by atoms with Crippen LogP contribution in [0, 0.1) is 6.92 Å². The van der Waals surface area contributed by atoms with Gasteiger partial charge in [-0.2, -0.15) is 10.1 Å². The molecule has 0 aromatic carbocycles. The number of aromatic nitrogens is 4. The molecule has 4 rings (SSSR count). The minimum atomic E-state index is -2.71. The number of ether oxygens (including phenoxy) is 1. The number of amides is 1. The van der Waals surface area contributed by atoms with Crippen LogP contribution in [0.15, 0.2) is 12.4 Å². The molecule has 204 valence electrons. The molecule has 12 heteroatoms. The average Bonchev–Trinajstić information content (AvgIpc) is 3.16. The number of halogens is 2. The second-order valence-corrected chi connectivity index (χ2v) is 10.4. The Bertz CT molecular complexity index is 1070. The molecule has 0 aliphatic carbocycles. The number of anilines is 3. The SMILES string of the molecule is Cc1nn(C2CCN(C)CC2)cc1Nc1ncc(C(F)F)c(NCCCN2CCCOC(C)(C)C2=O)n1. The number of nitrogens with zero attached hydrogens (tertiary/aromatic N) is 6. The maximum absolute atomic E-state index is 13.6. The first-order chi connectivity index (χ1) is 17.6. The van der Waals surface area contributed by atoms with E-state index in [4.69, 9.17) is 4.74 Å². The molecule has 1 amide bonds. The van der Waals surface area contributed by atoms with E-state index < -0.39 is 12.0 Å².